The van der Waals surface area contributed by atoms with Crippen molar-refractivity contribution in [3.63, 3.8) is 0 Å². The quantitative estimate of drug-likeness (QED) is 0.714. The summed E-state index contributed by atoms with van der Waals surface area (Å²) in [5.74, 6) is 0.819. The van der Waals surface area contributed by atoms with Crippen LogP contribution in [0.5, 0.6) is 0 Å². The van der Waals surface area contributed by atoms with Crippen LogP contribution in [0.25, 0.3) is 0 Å². The Balaban J connectivity index is 1.91. The predicted octanol–water partition coefficient (Wildman–Crippen LogP) is 0.345. The highest BCUT2D eigenvalue weighted by Crippen LogP contribution is 2.32. The van der Waals surface area contributed by atoms with Gasteiger partial charge in [-0.1, -0.05) is 6.42 Å². The minimum atomic E-state index is -0.210. The van der Waals surface area contributed by atoms with E-state index in [4.69, 9.17) is 5.73 Å². The lowest BCUT2D eigenvalue weighted by atomic mass is 9.93. The summed E-state index contributed by atoms with van der Waals surface area (Å²) in [5.41, 5.74) is 5.70. The van der Waals surface area contributed by atoms with Crippen LogP contribution >= 0.6 is 0 Å². The van der Waals surface area contributed by atoms with Crippen LogP contribution in [0, 0.1) is 11.8 Å². The molecule has 1 aliphatic carbocycles. The van der Waals surface area contributed by atoms with Gasteiger partial charge in [-0.25, -0.2) is 0 Å². The Hall–Kier alpha value is -0.610. The van der Waals surface area contributed by atoms with E-state index in [-0.39, 0.29) is 17.9 Å². The number of carbonyl (C=O) groups excluding carboxylic acids is 1. The van der Waals surface area contributed by atoms with E-state index in [1.165, 1.54) is 0 Å². The third-order valence-electron chi connectivity index (χ3n) is 4.06. The zero-order valence-corrected chi connectivity index (χ0v) is 9.77. The van der Waals surface area contributed by atoms with Crippen LogP contribution in [0.4, 0.5) is 0 Å². The molecule has 0 aromatic carbocycles. The summed E-state index contributed by atoms with van der Waals surface area (Å²) < 4.78 is 0. The molecule has 0 aromatic heterocycles. The van der Waals surface area contributed by atoms with Crippen molar-refractivity contribution in [3.8, 4) is 0 Å². The average molecular weight is 226 g/mol. The van der Waals surface area contributed by atoms with Gasteiger partial charge in [-0.3, -0.25) is 4.79 Å². The number of carbonyl (C=O) groups is 1. The standard InChI is InChI=1S/C12H22N2O2/c13-8-9-2-1-3-11(9)12(16)14-6-4-10(15)5-7-14/h9-11,15H,1-8,13H2. The van der Waals surface area contributed by atoms with Crippen LogP contribution in [-0.2, 0) is 4.79 Å². The summed E-state index contributed by atoms with van der Waals surface area (Å²) in [6.45, 7) is 2.06. The van der Waals surface area contributed by atoms with E-state index in [0.29, 0.717) is 25.6 Å². The zero-order valence-electron chi connectivity index (χ0n) is 9.77. The molecule has 1 heterocycles. The normalized spacial score (nSPS) is 32.0. The second-order valence-electron chi connectivity index (χ2n) is 5.09. The largest absolute Gasteiger partial charge is 0.393 e. The van der Waals surface area contributed by atoms with Gasteiger partial charge in [0.2, 0.25) is 5.91 Å². The molecule has 0 spiro atoms. The molecule has 4 nitrogen and oxygen atoms in total. The Bertz CT molecular complexity index is 249. The summed E-state index contributed by atoms with van der Waals surface area (Å²) in [4.78, 5) is 14.2. The van der Waals surface area contributed by atoms with E-state index >= 15 is 0 Å². The van der Waals surface area contributed by atoms with Crippen LogP contribution in [0.2, 0.25) is 0 Å². The Morgan fingerprint density at radius 2 is 1.94 bits per heavy atom. The van der Waals surface area contributed by atoms with Crippen LogP contribution in [0.1, 0.15) is 32.1 Å². The monoisotopic (exact) mass is 226 g/mol. The molecule has 3 N–H and O–H groups in total. The predicted molar refractivity (Wildman–Crippen MR) is 61.7 cm³/mol. The molecule has 1 amide bonds. The lowest BCUT2D eigenvalue weighted by Gasteiger charge is -2.32. The number of hydrogen-bond donors (Lipinski definition) is 2. The molecular formula is C12H22N2O2. The van der Waals surface area contributed by atoms with Crippen LogP contribution in [-0.4, -0.2) is 41.7 Å². The number of aliphatic hydroxyl groups excluding tert-OH is 1. The first kappa shape index (κ1) is 11.9. The van der Waals surface area contributed by atoms with Gasteiger partial charge in [0.1, 0.15) is 0 Å². The van der Waals surface area contributed by atoms with Gasteiger partial charge in [0, 0.05) is 19.0 Å². The van der Waals surface area contributed by atoms with E-state index in [1.54, 1.807) is 0 Å². The second-order valence-corrected chi connectivity index (χ2v) is 5.09. The third-order valence-corrected chi connectivity index (χ3v) is 4.06. The molecule has 0 aromatic rings. The fraction of sp³-hybridized carbons (Fsp3) is 0.917. The van der Waals surface area contributed by atoms with Gasteiger partial charge in [-0.05, 0) is 38.1 Å². The van der Waals surface area contributed by atoms with Crippen molar-refractivity contribution in [1.29, 1.82) is 0 Å². The van der Waals surface area contributed by atoms with Crippen molar-refractivity contribution in [1.82, 2.24) is 4.90 Å². The number of amides is 1. The van der Waals surface area contributed by atoms with E-state index in [0.717, 1.165) is 32.1 Å². The lowest BCUT2D eigenvalue weighted by molar-refractivity contribution is -0.138. The molecule has 0 bridgehead atoms. The summed E-state index contributed by atoms with van der Waals surface area (Å²) in [7, 11) is 0. The maximum absolute atomic E-state index is 12.3. The average Bonchev–Trinajstić information content (AvgIpc) is 2.77. The minimum absolute atomic E-state index is 0.153. The van der Waals surface area contributed by atoms with Crippen LogP contribution in [0.3, 0.4) is 0 Å². The number of nitrogens with two attached hydrogens (primary N) is 1. The van der Waals surface area contributed by atoms with Gasteiger partial charge >= 0.3 is 0 Å². The molecule has 16 heavy (non-hydrogen) atoms. The fourth-order valence-corrected chi connectivity index (χ4v) is 2.96. The number of rotatable bonds is 2. The topological polar surface area (TPSA) is 66.6 Å². The Labute approximate surface area is 96.8 Å². The molecule has 1 saturated heterocycles. The summed E-state index contributed by atoms with van der Waals surface area (Å²) in [6, 6.07) is 0. The summed E-state index contributed by atoms with van der Waals surface area (Å²) >= 11 is 0. The highest BCUT2D eigenvalue weighted by molar-refractivity contribution is 5.79. The molecule has 1 saturated carbocycles. The van der Waals surface area contributed by atoms with E-state index in [9.17, 15) is 9.90 Å². The second kappa shape index (κ2) is 5.15. The van der Waals surface area contributed by atoms with E-state index in [2.05, 4.69) is 0 Å². The van der Waals surface area contributed by atoms with Crippen molar-refractivity contribution < 1.29 is 9.90 Å². The molecule has 2 unspecified atom stereocenters. The number of piperidine rings is 1. The van der Waals surface area contributed by atoms with Crippen LogP contribution < -0.4 is 5.73 Å². The number of nitrogens with zero attached hydrogens (tertiary/aromatic N) is 1. The van der Waals surface area contributed by atoms with Gasteiger partial charge in [0.25, 0.3) is 0 Å². The van der Waals surface area contributed by atoms with E-state index < -0.39 is 0 Å². The molecule has 0 radical (unpaired) electrons. The molecule has 4 heteroatoms. The first-order chi connectivity index (χ1) is 7.72. The van der Waals surface area contributed by atoms with Crippen molar-refractivity contribution in [2.24, 2.45) is 17.6 Å². The van der Waals surface area contributed by atoms with Crippen molar-refractivity contribution in [3.05, 3.63) is 0 Å². The Morgan fingerprint density at radius 1 is 1.25 bits per heavy atom. The van der Waals surface area contributed by atoms with E-state index in [1.807, 2.05) is 4.90 Å². The summed E-state index contributed by atoms with van der Waals surface area (Å²) in [5, 5.41) is 9.41. The van der Waals surface area contributed by atoms with Crippen molar-refractivity contribution in [2.75, 3.05) is 19.6 Å². The fourth-order valence-electron chi connectivity index (χ4n) is 2.96. The van der Waals surface area contributed by atoms with Crippen LogP contribution in [0.15, 0.2) is 0 Å². The number of hydrogen-bond acceptors (Lipinski definition) is 3. The van der Waals surface area contributed by atoms with Crippen molar-refractivity contribution in [2.45, 2.75) is 38.2 Å². The Kier molecular flexibility index (Phi) is 3.82. The highest BCUT2D eigenvalue weighted by Gasteiger charge is 2.35. The third kappa shape index (κ3) is 2.38. The molecular weight excluding hydrogens is 204 g/mol. The van der Waals surface area contributed by atoms with Gasteiger partial charge in [0.05, 0.1) is 6.10 Å². The highest BCUT2D eigenvalue weighted by atomic mass is 16.3. The number of likely N-dealkylation sites (tertiary alicyclic amines) is 1. The minimum Gasteiger partial charge on any atom is -0.393 e. The zero-order chi connectivity index (χ0) is 11.5. The smallest absolute Gasteiger partial charge is 0.226 e. The first-order valence-corrected chi connectivity index (χ1v) is 6.39. The van der Waals surface area contributed by atoms with Gasteiger partial charge in [-0.15, -0.1) is 0 Å². The summed E-state index contributed by atoms with van der Waals surface area (Å²) in [6.07, 6.45) is 4.48. The SMILES string of the molecule is NCC1CCCC1C(=O)N1CCC(O)CC1. The lowest BCUT2D eigenvalue weighted by Crippen LogP contribution is -2.44. The first-order valence-electron chi connectivity index (χ1n) is 6.39. The van der Waals surface area contributed by atoms with Gasteiger partial charge in [0.15, 0.2) is 0 Å². The van der Waals surface area contributed by atoms with Gasteiger partial charge < -0.3 is 15.7 Å². The van der Waals surface area contributed by atoms with Gasteiger partial charge in [-0.2, -0.15) is 0 Å². The Morgan fingerprint density at radius 3 is 2.56 bits per heavy atom. The molecule has 92 valence electrons. The molecule has 2 aliphatic rings. The molecule has 1 aliphatic heterocycles. The maximum atomic E-state index is 12.3. The molecule has 2 atom stereocenters. The van der Waals surface area contributed by atoms with Crippen molar-refractivity contribution >= 4 is 5.91 Å². The maximum Gasteiger partial charge on any atom is 0.226 e. The number of aliphatic hydroxyl groups is 1. The molecule has 2 fully saturated rings. The molecule has 2 rings (SSSR count).